The Morgan fingerprint density at radius 3 is 2.48 bits per heavy atom. The summed E-state index contributed by atoms with van der Waals surface area (Å²) < 4.78 is 0. The predicted molar refractivity (Wildman–Crippen MR) is 117 cm³/mol. The summed E-state index contributed by atoms with van der Waals surface area (Å²) in [7, 11) is 0. The van der Waals surface area contributed by atoms with Crippen molar-refractivity contribution in [2.45, 2.75) is 26.7 Å². The molecule has 0 fully saturated rings. The summed E-state index contributed by atoms with van der Waals surface area (Å²) in [5.74, 6) is -0.0605. The van der Waals surface area contributed by atoms with Crippen molar-refractivity contribution in [1.29, 1.82) is 5.26 Å². The molecule has 3 N–H and O–H groups in total. The molecule has 1 amide bonds. The van der Waals surface area contributed by atoms with Crippen molar-refractivity contribution >= 4 is 28.1 Å². The third-order valence-corrected chi connectivity index (χ3v) is 4.80. The van der Waals surface area contributed by atoms with E-state index in [-0.39, 0.29) is 17.2 Å². The molecule has 3 rings (SSSR count). The minimum atomic E-state index is -0.473. The van der Waals surface area contributed by atoms with Gasteiger partial charge in [0.25, 0.3) is 5.91 Å². The maximum atomic E-state index is 12.7. The summed E-state index contributed by atoms with van der Waals surface area (Å²) in [6.45, 7) is 6.05. The van der Waals surface area contributed by atoms with Crippen molar-refractivity contribution in [3.05, 3.63) is 77.5 Å². The number of hydrogen-bond donors (Lipinski definition) is 3. The second-order valence-electron chi connectivity index (χ2n) is 7.14. The van der Waals surface area contributed by atoms with E-state index < -0.39 is 5.91 Å². The van der Waals surface area contributed by atoms with Crippen LogP contribution < -0.4 is 10.6 Å². The molecule has 3 aromatic rings. The topological polar surface area (TPSA) is 85.2 Å². The number of nitriles is 1. The third-order valence-electron chi connectivity index (χ3n) is 4.80. The summed E-state index contributed by atoms with van der Waals surface area (Å²) in [6.07, 6.45) is 1.39. The number of aryl methyl sites for hydroxylation is 1. The molecule has 0 spiro atoms. The molecule has 0 heterocycles. The van der Waals surface area contributed by atoms with Crippen molar-refractivity contribution in [3.63, 3.8) is 0 Å². The Hall–Kier alpha value is -3.78. The first-order valence-electron chi connectivity index (χ1n) is 9.40. The van der Waals surface area contributed by atoms with E-state index in [0.29, 0.717) is 11.1 Å². The van der Waals surface area contributed by atoms with E-state index in [1.807, 2.05) is 49.4 Å². The SMILES string of the molecule is Cc1cccc(C(C)C)c1NC(=O)/C(C#N)=C\Nc1cccc2c(O)cccc12. The highest BCUT2D eigenvalue weighted by molar-refractivity contribution is 6.07. The molecule has 0 saturated heterocycles. The molecule has 29 heavy (non-hydrogen) atoms. The first-order valence-corrected chi connectivity index (χ1v) is 9.40. The van der Waals surface area contributed by atoms with Crippen LogP contribution in [0.15, 0.2) is 66.4 Å². The average molecular weight is 385 g/mol. The van der Waals surface area contributed by atoms with E-state index in [4.69, 9.17) is 0 Å². The molecular formula is C24H23N3O2. The van der Waals surface area contributed by atoms with Gasteiger partial charge in [-0.05, 0) is 36.1 Å². The monoisotopic (exact) mass is 385 g/mol. The standard InChI is InChI=1S/C24H23N3O2/c1-15(2)18-8-4-7-16(3)23(18)27-24(29)17(13-25)14-26-21-11-5-10-20-19(21)9-6-12-22(20)28/h4-12,14-15,26,28H,1-3H3,(H,27,29)/b17-14-. The Labute approximate surface area is 170 Å². The second-order valence-corrected chi connectivity index (χ2v) is 7.14. The molecule has 5 nitrogen and oxygen atoms in total. The van der Waals surface area contributed by atoms with Crippen molar-refractivity contribution in [2.24, 2.45) is 0 Å². The number of rotatable bonds is 5. The summed E-state index contributed by atoms with van der Waals surface area (Å²) in [4.78, 5) is 12.7. The van der Waals surface area contributed by atoms with Crippen molar-refractivity contribution in [3.8, 4) is 11.8 Å². The van der Waals surface area contributed by atoms with Gasteiger partial charge in [0.1, 0.15) is 17.4 Å². The lowest BCUT2D eigenvalue weighted by Crippen LogP contribution is -2.17. The molecule has 5 heteroatoms. The number of benzene rings is 3. The lowest BCUT2D eigenvalue weighted by molar-refractivity contribution is -0.112. The number of fused-ring (bicyclic) bond motifs is 1. The number of nitrogens with one attached hydrogen (secondary N) is 2. The molecule has 0 aliphatic heterocycles. The summed E-state index contributed by atoms with van der Waals surface area (Å²) >= 11 is 0. The van der Waals surface area contributed by atoms with Crippen LogP contribution in [0.1, 0.15) is 30.9 Å². The van der Waals surface area contributed by atoms with E-state index in [9.17, 15) is 15.2 Å². The Morgan fingerprint density at radius 2 is 1.76 bits per heavy atom. The van der Waals surface area contributed by atoms with Gasteiger partial charge in [0.05, 0.1) is 0 Å². The number of phenols is 1. The summed E-state index contributed by atoms with van der Waals surface area (Å²) in [6, 6.07) is 18.5. The van der Waals surface area contributed by atoms with Gasteiger partial charge in [-0.3, -0.25) is 4.79 Å². The number of phenolic OH excluding ortho intramolecular Hbond substituents is 1. The van der Waals surface area contributed by atoms with Crippen molar-refractivity contribution < 1.29 is 9.90 Å². The van der Waals surface area contributed by atoms with Crippen LogP contribution in [0.25, 0.3) is 10.8 Å². The van der Waals surface area contributed by atoms with Crippen LogP contribution in [0.5, 0.6) is 5.75 Å². The number of aromatic hydroxyl groups is 1. The number of nitrogens with zero attached hydrogens (tertiary/aromatic N) is 1. The van der Waals surface area contributed by atoms with Crippen LogP contribution in [0.4, 0.5) is 11.4 Å². The van der Waals surface area contributed by atoms with Crippen LogP contribution in [-0.2, 0) is 4.79 Å². The van der Waals surface area contributed by atoms with E-state index in [2.05, 4.69) is 24.5 Å². The minimum Gasteiger partial charge on any atom is -0.507 e. The van der Waals surface area contributed by atoms with Gasteiger partial charge in [-0.15, -0.1) is 0 Å². The summed E-state index contributed by atoms with van der Waals surface area (Å²) in [5, 5.41) is 26.9. The van der Waals surface area contributed by atoms with Gasteiger partial charge in [-0.25, -0.2) is 0 Å². The minimum absolute atomic E-state index is 0.0416. The van der Waals surface area contributed by atoms with Crippen LogP contribution in [-0.4, -0.2) is 11.0 Å². The molecule has 3 aromatic carbocycles. The Kier molecular flexibility index (Phi) is 5.85. The van der Waals surface area contributed by atoms with Gasteiger partial charge >= 0.3 is 0 Å². The predicted octanol–water partition coefficient (Wildman–Crippen LogP) is 5.44. The van der Waals surface area contributed by atoms with Gasteiger partial charge in [0, 0.05) is 28.3 Å². The number of carbonyl (C=O) groups excluding carboxylic acids is 1. The maximum Gasteiger partial charge on any atom is 0.267 e. The zero-order valence-electron chi connectivity index (χ0n) is 16.7. The summed E-state index contributed by atoms with van der Waals surface area (Å²) in [5.41, 5.74) is 3.36. The molecule has 0 aliphatic carbocycles. The van der Waals surface area contributed by atoms with Crippen LogP contribution in [0.2, 0.25) is 0 Å². The first-order chi connectivity index (χ1) is 13.9. The fourth-order valence-corrected chi connectivity index (χ4v) is 3.24. The fourth-order valence-electron chi connectivity index (χ4n) is 3.24. The molecule has 0 unspecified atom stereocenters. The van der Waals surface area contributed by atoms with Crippen LogP contribution in [0.3, 0.4) is 0 Å². The number of para-hydroxylation sites is 1. The molecule has 0 aliphatic rings. The Balaban J connectivity index is 1.88. The van der Waals surface area contributed by atoms with E-state index in [1.165, 1.54) is 6.20 Å². The van der Waals surface area contributed by atoms with E-state index in [0.717, 1.165) is 22.2 Å². The van der Waals surface area contributed by atoms with E-state index >= 15 is 0 Å². The third kappa shape index (κ3) is 4.22. The van der Waals surface area contributed by atoms with Gasteiger partial charge in [0.15, 0.2) is 0 Å². The lowest BCUT2D eigenvalue weighted by atomic mass is 9.98. The van der Waals surface area contributed by atoms with Crippen LogP contribution >= 0.6 is 0 Å². The van der Waals surface area contributed by atoms with Gasteiger partial charge in [-0.2, -0.15) is 5.26 Å². The maximum absolute atomic E-state index is 12.7. The fraction of sp³-hybridized carbons (Fsp3) is 0.167. The first kappa shape index (κ1) is 20.0. The number of hydrogen-bond acceptors (Lipinski definition) is 4. The molecular weight excluding hydrogens is 362 g/mol. The molecule has 146 valence electrons. The van der Waals surface area contributed by atoms with Gasteiger partial charge in [0.2, 0.25) is 0 Å². The quantitative estimate of drug-likeness (QED) is 0.403. The van der Waals surface area contributed by atoms with E-state index in [1.54, 1.807) is 18.2 Å². The molecule has 0 bridgehead atoms. The van der Waals surface area contributed by atoms with Crippen molar-refractivity contribution in [1.82, 2.24) is 0 Å². The number of amides is 1. The Bertz CT molecular complexity index is 1140. The highest BCUT2D eigenvalue weighted by Crippen LogP contribution is 2.30. The average Bonchev–Trinajstić information content (AvgIpc) is 2.70. The molecule has 0 radical (unpaired) electrons. The van der Waals surface area contributed by atoms with Crippen LogP contribution in [0, 0.1) is 18.3 Å². The largest absolute Gasteiger partial charge is 0.507 e. The van der Waals surface area contributed by atoms with Gasteiger partial charge < -0.3 is 15.7 Å². The van der Waals surface area contributed by atoms with Crippen molar-refractivity contribution in [2.75, 3.05) is 10.6 Å². The highest BCUT2D eigenvalue weighted by atomic mass is 16.3. The molecule has 0 aromatic heterocycles. The zero-order valence-corrected chi connectivity index (χ0v) is 16.7. The highest BCUT2D eigenvalue weighted by Gasteiger charge is 2.15. The Morgan fingerprint density at radius 1 is 1.07 bits per heavy atom. The zero-order chi connectivity index (χ0) is 21.0. The number of carbonyl (C=O) groups is 1. The molecule has 0 atom stereocenters. The number of anilines is 2. The normalized spacial score (nSPS) is 11.3. The van der Waals surface area contributed by atoms with Gasteiger partial charge in [-0.1, -0.05) is 56.3 Å². The second kappa shape index (κ2) is 8.49. The lowest BCUT2D eigenvalue weighted by Gasteiger charge is -2.16. The molecule has 0 saturated carbocycles. The smallest absolute Gasteiger partial charge is 0.267 e.